The van der Waals surface area contributed by atoms with E-state index in [0.29, 0.717) is 25.9 Å². The molecular formula is C14H23N5O2. The van der Waals surface area contributed by atoms with Crippen molar-refractivity contribution in [2.75, 3.05) is 13.1 Å². The van der Waals surface area contributed by atoms with Gasteiger partial charge in [-0.3, -0.25) is 15.1 Å². The van der Waals surface area contributed by atoms with Crippen molar-refractivity contribution >= 4 is 11.9 Å². The predicted molar refractivity (Wildman–Crippen MR) is 82.7 cm³/mol. The van der Waals surface area contributed by atoms with Gasteiger partial charge in [-0.05, 0) is 18.4 Å². The molecule has 0 amide bonds. The summed E-state index contributed by atoms with van der Waals surface area (Å²) in [6.45, 7) is 0.730. The maximum atomic E-state index is 11.3. The highest BCUT2D eigenvalue weighted by molar-refractivity contribution is 5.75. The summed E-state index contributed by atoms with van der Waals surface area (Å²) in [7, 11) is 0. The summed E-state index contributed by atoms with van der Waals surface area (Å²) in [4.78, 5) is 15.2. The Morgan fingerprint density at radius 3 is 2.48 bits per heavy atom. The van der Waals surface area contributed by atoms with E-state index < -0.39 is 12.0 Å². The van der Waals surface area contributed by atoms with E-state index in [9.17, 15) is 9.90 Å². The molecule has 0 aliphatic carbocycles. The average molecular weight is 293 g/mol. The zero-order chi connectivity index (χ0) is 15.7. The van der Waals surface area contributed by atoms with Crippen LogP contribution in [0.4, 0.5) is 0 Å². The Kier molecular flexibility index (Phi) is 7.20. The molecule has 1 rings (SSSR count). The van der Waals surface area contributed by atoms with Gasteiger partial charge in [-0.1, -0.05) is 30.3 Å². The van der Waals surface area contributed by atoms with Gasteiger partial charge in [0.15, 0.2) is 5.96 Å². The lowest BCUT2D eigenvalue weighted by atomic mass is 10.0. The fraction of sp³-hybridized carbons (Fsp3) is 0.429. The highest BCUT2D eigenvalue weighted by Gasteiger charge is 2.21. The van der Waals surface area contributed by atoms with Crippen molar-refractivity contribution in [2.24, 2.45) is 22.2 Å². The van der Waals surface area contributed by atoms with Crippen molar-refractivity contribution in [3.05, 3.63) is 35.9 Å². The lowest BCUT2D eigenvalue weighted by Gasteiger charge is -2.22. The highest BCUT2D eigenvalue weighted by Crippen LogP contribution is 2.13. The topological polar surface area (TPSA) is 140 Å². The van der Waals surface area contributed by atoms with Crippen LogP contribution in [0.1, 0.15) is 24.4 Å². The molecule has 0 heterocycles. The Morgan fingerprint density at radius 2 is 1.95 bits per heavy atom. The normalized spacial score (nSPS) is 13.4. The number of benzene rings is 1. The van der Waals surface area contributed by atoms with Gasteiger partial charge in [0.1, 0.15) is 6.04 Å². The van der Waals surface area contributed by atoms with Crippen LogP contribution >= 0.6 is 0 Å². The molecule has 1 unspecified atom stereocenters. The van der Waals surface area contributed by atoms with Crippen molar-refractivity contribution in [3.63, 3.8) is 0 Å². The number of nitrogens with two attached hydrogens (primary N) is 3. The summed E-state index contributed by atoms with van der Waals surface area (Å²) in [5, 5.41) is 12.4. The van der Waals surface area contributed by atoms with Crippen molar-refractivity contribution in [1.29, 1.82) is 0 Å². The maximum Gasteiger partial charge on any atom is 0.320 e. The summed E-state index contributed by atoms with van der Waals surface area (Å²) >= 11 is 0. The first kappa shape index (κ1) is 16.9. The number of rotatable bonds is 9. The van der Waals surface area contributed by atoms with Crippen LogP contribution in [0, 0.1) is 0 Å². The van der Waals surface area contributed by atoms with E-state index in [4.69, 9.17) is 17.2 Å². The molecule has 116 valence electrons. The maximum absolute atomic E-state index is 11.3. The Hall–Kier alpha value is -2.12. The number of guanidine groups is 1. The number of aliphatic carboxylic acids is 1. The summed E-state index contributed by atoms with van der Waals surface area (Å²) < 4.78 is 0. The van der Waals surface area contributed by atoms with Gasteiger partial charge in [0.2, 0.25) is 0 Å². The number of hydrogen-bond acceptors (Lipinski definition) is 4. The number of carbonyl (C=O) groups is 1. The molecule has 21 heavy (non-hydrogen) atoms. The molecule has 0 fully saturated rings. The van der Waals surface area contributed by atoms with Crippen LogP contribution in [0.5, 0.6) is 0 Å². The van der Waals surface area contributed by atoms with Gasteiger partial charge >= 0.3 is 5.97 Å². The van der Waals surface area contributed by atoms with E-state index >= 15 is 0 Å². The second kappa shape index (κ2) is 8.93. The molecule has 0 bridgehead atoms. The number of carboxylic acids is 1. The third-order valence-electron chi connectivity index (χ3n) is 3.08. The Morgan fingerprint density at radius 1 is 1.29 bits per heavy atom. The molecule has 0 saturated heterocycles. The molecule has 0 spiro atoms. The van der Waals surface area contributed by atoms with Gasteiger partial charge in [-0.15, -0.1) is 0 Å². The largest absolute Gasteiger partial charge is 0.480 e. The van der Waals surface area contributed by atoms with E-state index in [1.807, 2.05) is 30.3 Å². The predicted octanol–water partition coefficient (Wildman–Crippen LogP) is -0.217. The zero-order valence-corrected chi connectivity index (χ0v) is 11.9. The zero-order valence-electron chi connectivity index (χ0n) is 11.9. The number of aliphatic imine (C=N–C) groups is 1. The Balaban J connectivity index is 2.60. The number of hydrogen-bond donors (Lipinski definition) is 5. The molecule has 0 aliphatic rings. The van der Waals surface area contributed by atoms with Gasteiger partial charge in [0.05, 0.1) is 0 Å². The third-order valence-corrected chi connectivity index (χ3v) is 3.08. The molecule has 7 nitrogen and oxygen atoms in total. The SMILES string of the molecule is NCC(N[C@@H](CCCN=C(N)N)C(=O)O)c1ccccc1. The van der Waals surface area contributed by atoms with Crippen molar-refractivity contribution in [1.82, 2.24) is 5.32 Å². The van der Waals surface area contributed by atoms with E-state index in [1.165, 1.54) is 0 Å². The number of nitrogens with zero attached hydrogens (tertiary/aromatic N) is 1. The minimum absolute atomic E-state index is 0.0129. The molecule has 7 heteroatoms. The lowest BCUT2D eigenvalue weighted by Crippen LogP contribution is -2.41. The molecule has 0 radical (unpaired) electrons. The molecule has 1 aromatic carbocycles. The molecule has 8 N–H and O–H groups in total. The van der Waals surface area contributed by atoms with Crippen LogP contribution in [0.3, 0.4) is 0 Å². The van der Waals surface area contributed by atoms with Crippen LogP contribution in [0.15, 0.2) is 35.3 Å². The standard InChI is InChI=1S/C14H23N5O2/c15-9-12(10-5-2-1-3-6-10)19-11(13(20)21)7-4-8-18-14(16)17/h1-3,5-6,11-12,19H,4,7-9,15H2,(H,20,21)(H4,16,17,18)/t11-,12?/m0/s1. The molecule has 1 aromatic rings. The van der Waals surface area contributed by atoms with E-state index in [1.54, 1.807) is 0 Å². The molecular weight excluding hydrogens is 270 g/mol. The van der Waals surface area contributed by atoms with Crippen molar-refractivity contribution in [2.45, 2.75) is 24.9 Å². The summed E-state index contributed by atoms with van der Waals surface area (Å²) in [5.41, 5.74) is 17.2. The van der Waals surface area contributed by atoms with Crippen LogP contribution < -0.4 is 22.5 Å². The van der Waals surface area contributed by atoms with Gasteiger partial charge < -0.3 is 22.3 Å². The first-order valence-electron chi connectivity index (χ1n) is 6.84. The molecule has 0 saturated carbocycles. The average Bonchev–Trinajstić information content (AvgIpc) is 2.47. The quantitative estimate of drug-likeness (QED) is 0.242. The Labute approximate surface area is 124 Å². The first-order valence-corrected chi connectivity index (χ1v) is 6.84. The smallest absolute Gasteiger partial charge is 0.320 e. The second-order valence-corrected chi connectivity index (χ2v) is 4.71. The van der Waals surface area contributed by atoms with Gasteiger partial charge in [0.25, 0.3) is 0 Å². The minimum atomic E-state index is -0.908. The van der Waals surface area contributed by atoms with E-state index in [-0.39, 0.29) is 12.0 Å². The van der Waals surface area contributed by atoms with Crippen LogP contribution in [-0.2, 0) is 4.79 Å². The van der Waals surface area contributed by atoms with Crippen molar-refractivity contribution in [3.8, 4) is 0 Å². The van der Waals surface area contributed by atoms with Gasteiger partial charge in [0, 0.05) is 19.1 Å². The minimum Gasteiger partial charge on any atom is -0.480 e. The van der Waals surface area contributed by atoms with Gasteiger partial charge in [-0.25, -0.2) is 0 Å². The summed E-state index contributed by atoms with van der Waals surface area (Å²) in [5.74, 6) is -0.895. The molecule has 2 atom stereocenters. The number of carboxylic acid groups (broad SMARTS) is 1. The first-order chi connectivity index (χ1) is 10.0. The fourth-order valence-corrected chi connectivity index (χ4v) is 2.01. The van der Waals surface area contributed by atoms with Crippen LogP contribution in [0.25, 0.3) is 0 Å². The summed E-state index contributed by atoms with van der Waals surface area (Å²) in [6, 6.07) is 8.65. The van der Waals surface area contributed by atoms with E-state index in [0.717, 1.165) is 5.56 Å². The van der Waals surface area contributed by atoms with Crippen molar-refractivity contribution < 1.29 is 9.90 Å². The third kappa shape index (κ3) is 6.24. The van der Waals surface area contributed by atoms with Gasteiger partial charge in [-0.2, -0.15) is 0 Å². The fourth-order valence-electron chi connectivity index (χ4n) is 2.01. The molecule has 0 aliphatic heterocycles. The molecule has 0 aromatic heterocycles. The highest BCUT2D eigenvalue weighted by atomic mass is 16.4. The Bertz CT molecular complexity index is 460. The second-order valence-electron chi connectivity index (χ2n) is 4.71. The monoisotopic (exact) mass is 293 g/mol. The van der Waals surface area contributed by atoms with Crippen LogP contribution in [0.2, 0.25) is 0 Å². The van der Waals surface area contributed by atoms with Crippen LogP contribution in [-0.4, -0.2) is 36.2 Å². The number of nitrogens with one attached hydrogen (secondary N) is 1. The van der Waals surface area contributed by atoms with E-state index in [2.05, 4.69) is 10.3 Å². The lowest BCUT2D eigenvalue weighted by molar-refractivity contribution is -0.139. The summed E-state index contributed by atoms with van der Waals surface area (Å²) in [6.07, 6.45) is 1.00.